The van der Waals surface area contributed by atoms with Crippen molar-refractivity contribution in [3.05, 3.63) is 29.3 Å². The molecular weight excluding hydrogens is 203 g/mol. The third-order valence-electron chi connectivity index (χ3n) is 2.76. The molecule has 0 saturated heterocycles. The van der Waals surface area contributed by atoms with Crippen molar-refractivity contribution in [1.29, 1.82) is 0 Å². The van der Waals surface area contributed by atoms with E-state index in [9.17, 15) is 0 Å². The third kappa shape index (κ3) is 3.80. The molecule has 0 N–H and O–H groups in total. The van der Waals surface area contributed by atoms with Crippen molar-refractivity contribution < 1.29 is 23.6 Å². The number of rotatable bonds is 1. The van der Waals surface area contributed by atoms with Crippen LogP contribution in [0.25, 0.3) is 0 Å². The largest absolute Gasteiger partial charge is 1.00 e. The first kappa shape index (κ1) is 16.6. The van der Waals surface area contributed by atoms with Gasteiger partial charge in [0.05, 0.1) is 7.11 Å². The van der Waals surface area contributed by atoms with Crippen molar-refractivity contribution in [2.24, 2.45) is 0 Å². The Kier molecular flexibility index (Phi) is 5.38. The number of benzene rings is 1. The van der Waals surface area contributed by atoms with Crippen molar-refractivity contribution in [2.75, 3.05) is 7.11 Å². The summed E-state index contributed by atoms with van der Waals surface area (Å²) < 4.78 is 5.61. The average molecular weight is 226 g/mol. The maximum atomic E-state index is 5.61. The van der Waals surface area contributed by atoms with Crippen molar-refractivity contribution in [2.45, 2.75) is 52.4 Å². The van der Waals surface area contributed by atoms with Crippen molar-refractivity contribution in [3.8, 4) is 5.75 Å². The summed E-state index contributed by atoms with van der Waals surface area (Å²) in [6.45, 7) is 13.2. The zero-order valence-corrected chi connectivity index (χ0v) is 12.6. The molecule has 2 heteroatoms. The van der Waals surface area contributed by atoms with E-state index in [4.69, 9.17) is 4.74 Å². The van der Waals surface area contributed by atoms with Crippen LogP contribution in [0.15, 0.2) is 12.1 Å². The first-order chi connectivity index (χ1) is 7.18. The second-order valence-electron chi connectivity index (χ2n) is 6.32. The van der Waals surface area contributed by atoms with Gasteiger partial charge in [-0.05, 0) is 0 Å². The molecule has 0 aromatic heterocycles. The van der Waals surface area contributed by atoms with E-state index in [-0.39, 0.29) is 29.7 Å². The van der Waals surface area contributed by atoms with E-state index in [0.717, 1.165) is 5.75 Å². The quantitative estimate of drug-likeness (QED) is 0.514. The van der Waals surface area contributed by atoms with E-state index in [1.807, 2.05) is 12.1 Å². The fraction of sp³-hybridized carbons (Fsp3) is 0.600. The molecule has 0 radical (unpaired) electrons. The van der Waals surface area contributed by atoms with Gasteiger partial charge in [-0.25, -0.2) is 0 Å². The van der Waals surface area contributed by atoms with Gasteiger partial charge in [0, 0.05) is 5.75 Å². The Labute approximate surface area is 118 Å². The number of ether oxygens (including phenoxy) is 1. The molecule has 90 valence electrons. The maximum Gasteiger partial charge on any atom is 1.00 e. The van der Waals surface area contributed by atoms with E-state index in [0.29, 0.717) is 0 Å². The van der Waals surface area contributed by atoms with E-state index >= 15 is 0 Å². The van der Waals surface area contributed by atoms with Crippen LogP contribution < -0.4 is 23.6 Å². The van der Waals surface area contributed by atoms with Gasteiger partial charge < -0.3 is 4.74 Å². The van der Waals surface area contributed by atoms with Crippen LogP contribution in [-0.2, 0) is 10.8 Å². The first-order valence-corrected chi connectivity index (χ1v) is 5.77. The molecule has 0 atom stereocenters. The molecule has 0 saturated carbocycles. The van der Waals surface area contributed by atoms with Crippen LogP contribution in [0, 0.1) is 6.07 Å². The summed E-state index contributed by atoms with van der Waals surface area (Å²) in [4.78, 5) is 0. The Balaban J connectivity index is 0.00000256. The van der Waals surface area contributed by atoms with Crippen LogP contribution in [-0.4, -0.2) is 7.11 Å². The monoisotopic (exact) mass is 226 g/mol. The molecule has 1 rings (SSSR count). The number of hydrogen-bond acceptors (Lipinski definition) is 1. The summed E-state index contributed by atoms with van der Waals surface area (Å²) in [5.74, 6) is 1.01. The van der Waals surface area contributed by atoms with Gasteiger partial charge in [0.15, 0.2) is 0 Å². The molecule has 0 fully saturated rings. The molecule has 0 aliphatic heterocycles. The van der Waals surface area contributed by atoms with Gasteiger partial charge in [-0.3, -0.25) is 0 Å². The minimum Gasteiger partial charge on any atom is -0.522 e. The van der Waals surface area contributed by atoms with E-state index in [1.165, 1.54) is 11.1 Å². The molecule has 0 unspecified atom stereocenters. The van der Waals surface area contributed by atoms with Crippen molar-refractivity contribution in [3.63, 3.8) is 0 Å². The topological polar surface area (TPSA) is 9.23 Å². The zero-order chi connectivity index (χ0) is 12.6. The summed E-state index contributed by atoms with van der Waals surface area (Å²) in [6, 6.07) is 7.31. The van der Waals surface area contributed by atoms with Crippen LogP contribution in [0.5, 0.6) is 5.75 Å². The minimum atomic E-state index is 0. The van der Waals surface area contributed by atoms with Crippen LogP contribution in [0.1, 0.15) is 52.7 Å². The van der Waals surface area contributed by atoms with Gasteiger partial charge in [-0.1, -0.05) is 52.4 Å². The van der Waals surface area contributed by atoms with Gasteiger partial charge in [-0.15, -0.1) is 11.1 Å². The molecule has 1 aromatic carbocycles. The second-order valence-corrected chi connectivity index (χ2v) is 6.32. The normalized spacial score (nSPS) is 11.9. The minimum absolute atomic E-state index is 0. The summed E-state index contributed by atoms with van der Waals surface area (Å²) >= 11 is 0. The van der Waals surface area contributed by atoms with Gasteiger partial charge in [0.1, 0.15) is 0 Å². The number of methoxy groups -OCH3 is 1. The fourth-order valence-electron chi connectivity index (χ4n) is 1.82. The first-order valence-electron chi connectivity index (χ1n) is 5.77. The molecule has 0 aliphatic rings. The molecule has 1 nitrogen and oxygen atoms in total. The standard InChI is InChI=1S/C15H23O.Li/c1-14(2,3)11-9-8-10-12(13(11)16-7)15(4,5)6;/h9-10H,1-7H3;/q-1;+1. The molecule has 0 spiro atoms. The fourth-order valence-corrected chi connectivity index (χ4v) is 1.82. The van der Waals surface area contributed by atoms with Crippen molar-refractivity contribution >= 4 is 0 Å². The van der Waals surface area contributed by atoms with E-state index in [2.05, 4.69) is 47.6 Å². The summed E-state index contributed by atoms with van der Waals surface area (Å²) in [6.07, 6.45) is 0. The van der Waals surface area contributed by atoms with Crippen LogP contribution >= 0.6 is 0 Å². The molecule has 0 aliphatic carbocycles. The molecule has 0 amide bonds. The third-order valence-corrected chi connectivity index (χ3v) is 2.76. The summed E-state index contributed by atoms with van der Waals surface area (Å²) in [7, 11) is 1.75. The average Bonchev–Trinajstić information content (AvgIpc) is 2.13. The van der Waals surface area contributed by atoms with Gasteiger partial charge in [0.2, 0.25) is 0 Å². The predicted molar refractivity (Wildman–Crippen MR) is 69.2 cm³/mol. The SMILES string of the molecule is COc1c(C(C)(C)C)c[c-]cc1C(C)(C)C.[Li+]. The molecule has 0 bridgehead atoms. The van der Waals surface area contributed by atoms with Crippen molar-refractivity contribution in [1.82, 2.24) is 0 Å². The van der Waals surface area contributed by atoms with Crippen LogP contribution in [0.4, 0.5) is 0 Å². The Morgan fingerprint density at radius 1 is 0.882 bits per heavy atom. The zero-order valence-electron chi connectivity index (χ0n) is 12.6. The number of hydrogen-bond donors (Lipinski definition) is 0. The summed E-state index contributed by atoms with van der Waals surface area (Å²) in [5, 5.41) is 0. The Bertz CT molecular complexity index is 337. The van der Waals surface area contributed by atoms with E-state index < -0.39 is 0 Å². The predicted octanol–water partition coefficient (Wildman–Crippen LogP) is 1.09. The smallest absolute Gasteiger partial charge is 0.522 e. The van der Waals surface area contributed by atoms with Gasteiger partial charge >= 0.3 is 18.9 Å². The Morgan fingerprint density at radius 2 is 1.24 bits per heavy atom. The molecule has 0 heterocycles. The summed E-state index contributed by atoms with van der Waals surface area (Å²) in [5.41, 5.74) is 2.62. The van der Waals surface area contributed by atoms with Gasteiger partial charge in [0.25, 0.3) is 0 Å². The molecule has 17 heavy (non-hydrogen) atoms. The van der Waals surface area contributed by atoms with Gasteiger partial charge in [-0.2, -0.15) is 18.2 Å². The van der Waals surface area contributed by atoms with Crippen LogP contribution in [0.3, 0.4) is 0 Å². The molecular formula is C15H23LiO. The van der Waals surface area contributed by atoms with E-state index in [1.54, 1.807) is 7.11 Å². The maximum absolute atomic E-state index is 5.61. The van der Waals surface area contributed by atoms with Crippen LogP contribution in [0.2, 0.25) is 0 Å². The Morgan fingerprint density at radius 3 is 1.47 bits per heavy atom. The second kappa shape index (κ2) is 5.51. The molecule has 1 aromatic rings. The Hall–Kier alpha value is -0.383.